The normalized spacial score (nSPS) is 10.8. The third-order valence-corrected chi connectivity index (χ3v) is 2.05. The van der Waals surface area contributed by atoms with Gasteiger partial charge in [-0.05, 0) is 32.1 Å². The first-order valence-electron chi connectivity index (χ1n) is 4.37. The molecule has 68 valence electrons. The molecule has 2 aromatic heterocycles. The van der Waals surface area contributed by atoms with Gasteiger partial charge >= 0.3 is 0 Å². The quantitative estimate of drug-likeness (QED) is 0.771. The minimum absolute atomic E-state index is 0.869. The van der Waals surface area contributed by atoms with E-state index in [4.69, 9.17) is 4.42 Å². The second kappa shape index (κ2) is 3.58. The number of furan rings is 1. The maximum atomic E-state index is 5.36. The molecule has 0 aromatic carbocycles. The summed E-state index contributed by atoms with van der Waals surface area (Å²) in [5.74, 6) is 0. The van der Waals surface area contributed by atoms with Gasteiger partial charge in [0.2, 0.25) is 0 Å². The van der Waals surface area contributed by atoms with E-state index in [1.165, 1.54) is 5.56 Å². The van der Waals surface area contributed by atoms with Crippen LogP contribution in [0.4, 0.5) is 0 Å². The molecule has 3 heteroatoms. The SMILES string of the molecule is CNCCc1coc2cccnc12. The summed E-state index contributed by atoms with van der Waals surface area (Å²) in [6.45, 7) is 0.950. The van der Waals surface area contributed by atoms with Crippen molar-refractivity contribution in [1.82, 2.24) is 10.3 Å². The molecule has 0 spiro atoms. The molecule has 2 heterocycles. The molecule has 0 aliphatic heterocycles. The third kappa shape index (κ3) is 1.55. The van der Waals surface area contributed by atoms with Crippen LogP contribution in [-0.2, 0) is 6.42 Å². The molecule has 1 N–H and O–H groups in total. The largest absolute Gasteiger partial charge is 0.462 e. The van der Waals surface area contributed by atoms with Gasteiger partial charge in [-0.25, -0.2) is 0 Å². The van der Waals surface area contributed by atoms with E-state index in [2.05, 4.69) is 10.3 Å². The molecule has 0 amide bonds. The van der Waals surface area contributed by atoms with Crippen molar-refractivity contribution in [2.75, 3.05) is 13.6 Å². The van der Waals surface area contributed by atoms with Gasteiger partial charge in [-0.1, -0.05) is 0 Å². The highest BCUT2D eigenvalue weighted by Crippen LogP contribution is 2.17. The van der Waals surface area contributed by atoms with Crippen LogP contribution in [0.1, 0.15) is 5.56 Å². The number of fused-ring (bicyclic) bond motifs is 1. The van der Waals surface area contributed by atoms with Crippen LogP contribution in [0.25, 0.3) is 11.1 Å². The van der Waals surface area contributed by atoms with Crippen LogP contribution in [0.5, 0.6) is 0 Å². The van der Waals surface area contributed by atoms with Crippen molar-refractivity contribution in [2.45, 2.75) is 6.42 Å². The maximum Gasteiger partial charge on any atom is 0.152 e. The lowest BCUT2D eigenvalue weighted by Gasteiger charge is -1.95. The number of aromatic nitrogens is 1. The summed E-state index contributed by atoms with van der Waals surface area (Å²) in [6, 6.07) is 3.82. The van der Waals surface area contributed by atoms with Gasteiger partial charge in [0.05, 0.1) is 6.26 Å². The first-order valence-corrected chi connectivity index (χ1v) is 4.37. The molecule has 0 saturated heterocycles. The highest BCUT2D eigenvalue weighted by Gasteiger charge is 2.04. The molecule has 2 aromatic rings. The molecular formula is C10H12N2O. The summed E-state index contributed by atoms with van der Waals surface area (Å²) >= 11 is 0. The zero-order chi connectivity index (χ0) is 9.10. The van der Waals surface area contributed by atoms with Crippen molar-refractivity contribution in [3.63, 3.8) is 0 Å². The molecule has 0 saturated carbocycles. The van der Waals surface area contributed by atoms with E-state index in [0.29, 0.717) is 0 Å². The number of nitrogens with one attached hydrogen (secondary N) is 1. The number of rotatable bonds is 3. The molecule has 0 aliphatic carbocycles. The van der Waals surface area contributed by atoms with Crippen LogP contribution in [0.15, 0.2) is 29.0 Å². The highest BCUT2D eigenvalue weighted by atomic mass is 16.3. The monoisotopic (exact) mass is 176 g/mol. The lowest BCUT2D eigenvalue weighted by Crippen LogP contribution is -2.09. The van der Waals surface area contributed by atoms with E-state index < -0.39 is 0 Å². The Bertz CT molecular complexity index is 394. The summed E-state index contributed by atoms with van der Waals surface area (Å²) < 4.78 is 5.36. The van der Waals surface area contributed by atoms with Crippen LogP contribution >= 0.6 is 0 Å². The van der Waals surface area contributed by atoms with Crippen LogP contribution in [0.3, 0.4) is 0 Å². The van der Waals surface area contributed by atoms with Gasteiger partial charge in [0.1, 0.15) is 5.52 Å². The second-order valence-corrected chi connectivity index (χ2v) is 2.96. The smallest absolute Gasteiger partial charge is 0.152 e. The second-order valence-electron chi connectivity index (χ2n) is 2.96. The molecule has 0 unspecified atom stereocenters. The van der Waals surface area contributed by atoms with Crippen LogP contribution in [0, 0.1) is 0 Å². The maximum absolute atomic E-state index is 5.36. The van der Waals surface area contributed by atoms with Crippen LogP contribution < -0.4 is 5.32 Å². The molecule has 2 rings (SSSR count). The molecule has 0 atom stereocenters. The first kappa shape index (κ1) is 8.26. The average molecular weight is 176 g/mol. The summed E-state index contributed by atoms with van der Waals surface area (Å²) in [6.07, 6.45) is 4.54. The van der Waals surface area contributed by atoms with Crippen molar-refractivity contribution in [1.29, 1.82) is 0 Å². The zero-order valence-electron chi connectivity index (χ0n) is 7.58. The Labute approximate surface area is 76.8 Å². The van der Waals surface area contributed by atoms with E-state index in [1.807, 2.05) is 19.2 Å². The minimum atomic E-state index is 0.869. The molecule has 0 radical (unpaired) electrons. The Kier molecular flexibility index (Phi) is 2.27. The van der Waals surface area contributed by atoms with E-state index in [1.54, 1.807) is 12.5 Å². The standard InChI is InChI=1S/C10H12N2O/c1-11-6-4-8-7-13-9-3-2-5-12-10(8)9/h2-3,5,7,11H,4,6H2,1H3. The molecule has 3 nitrogen and oxygen atoms in total. The Morgan fingerprint density at radius 2 is 2.46 bits per heavy atom. The van der Waals surface area contributed by atoms with Crippen molar-refractivity contribution in [3.05, 3.63) is 30.2 Å². The van der Waals surface area contributed by atoms with Gasteiger partial charge in [0.15, 0.2) is 5.58 Å². The fourth-order valence-electron chi connectivity index (χ4n) is 1.35. The van der Waals surface area contributed by atoms with Gasteiger partial charge in [-0.15, -0.1) is 0 Å². The predicted molar refractivity (Wildman–Crippen MR) is 51.6 cm³/mol. The molecule has 0 bridgehead atoms. The van der Waals surface area contributed by atoms with E-state index >= 15 is 0 Å². The Morgan fingerprint density at radius 1 is 1.54 bits per heavy atom. The summed E-state index contributed by atoms with van der Waals surface area (Å²) in [5.41, 5.74) is 3.02. The van der Waals surface area contributed by atoms with Gasteiger partial charge < -0.3 is 9.73 Å². The van der Waals surface area contributed by atoms with Gasteiger partial charge in [-0.2, -0.15) is 0 Å². The van der Waals surface area contributed by atoms with Gasteiger partial charge in [0.25, 0.3) is 0 Å². The number of hydrogen-bond donors (Lipinski definition) is 1. The number of likely N-dealkylation sites (N-methyl/N-ethyl adjacent to an activating group) is 1. The van der Waals surface area contributed by atoms with E-state index in [-0.39, 0.29) is 0 Å². The Balaban J connectivity index is 2.35. The minimum Gasteiger partial charge on any atom is -0.462 e. The van der Waals surface area contributed by atoms with Crippen LogP contribution in [0.2, 0.25) is 0 Å². The highest BCUT2D eigenvalue weighted by molar-refractivity contribution is 5.75. The fraction of sp³-hybridized carbons (Fsp3) is 0.300. The summed E-state index contributed by atoms with van der Waals surface area (Å²) in [4.78, 5) is 4.27. The number of hydrogen-bond acceptors (Lipinski definition) is 3. The molecule has 0 aliphatic rings. The van der Waals surface area contributed by atoms with Crippen molar-refractivity contribution >= 4 is 11.1 Å². The molecular weight excluding hydrogens is 164 g/mol. The third-order valence-electron chi connectivity index (χ3n) is 2.05. The molecule has 13 heavy (non-hydrogen) atoms. The predicted octanol–water partition coefficient (Wildman–Crippen LogP) is 1.59. The summed E-state index contributed by atoms with van der Waals surface area (Å²) in [7, 11) is 1.94. The average Bonchev–Trinajstić information content (AvgIpc) is 2.58. The fourth-order valence-corrected chi connectivity index (χ4v) is 1.35. The Hall–Kier alpha value is -1.35. The van der Waals surface area contributed by atoms with E-state index in [9.17, 15) is 0 Å². The molecule has 0 fully saturated rings. The topological polar surface area (TPSA) is 38.1 Å². The van der Waals surface area contributed by atoms with Gasteiger partial charge in [0, 0.05) is 11.8 Å². The van der Waals surface area contributed by atoms with Crippen molar-refractivity contribution in [2.24, 2.45) is 0 Å². The summed E-state index contributed by atoms with van der Waals surface area (Å²) in [5, 5.41) is 3.10. The lowest BCUT2D eigenvalue weighted by atomic mass is 10.2. The van der Waals surface area contributed by atoms with E-state index in [0.717, 1.165) is 24.1 Å². The van der Waals surface area contributed by atoms with Crippen molar-refractivity contribution < 1.29 is 4.42 Å². The number of pyridine rings is 1. The zero-order valence-corrected chi connectivity index (χ0v) is 7.58. The van der Waals surface area contributed by atoms with Crippen LogP contribution in [-0.4, -0.2) is 18.6 Å². The number of nitrogens with zero attached hydrogens (tertiary/aromatic N) is 1. The first-order chi connectivity index (χ1) is 6.42. The van der Waals surface area contributed by atoms with Crippen molar-refractivity contribution in [3.8, 4) is 0 Å². The van der Waals surface area contributed by atoms with Gasteiger partial charge in [-0.3, -0.25) is 4.98 Å². The lowest BCUT2D eigenvalue weighted by molar-refractivity contribution is 0.608. The Morgan fingerprint density at radius 3 is 3.31 bits per heavy atom.